The average molecular weight is 793 g/mol. The van der Waals surface area contributed by atoms with Crippen LogP contribution in [0.1, 0.15) is 108 Å². The van der Waals surface area contributed by atoms with Gasteiger partial charge < -0.3 is 17.7 Å². The molecule has 0 aliphatic carbocycles. The second kappa shape index (κ2) is 48.4. The summed E-state index contributed by atoms with van der Waals surface area (Å²) in [6, 6.07) is 26.3. The van der Waals surface area contributed by atoms with E-state index in [1.165, 1.54) is 12.1 Å². The van der Waals surface area contributed by atoms with Crippen LogP contribution in [0.5, 0.6) is 0 Å². The first-order chi connectivity index (χ1) is 19.9. The van der Waals surface area contributed by atoms with E-state index in [0.717, 1.165) is 0 Å². The first kappa shape index (κ1) is 82.8. The number of carbonyl (C=O) groups excluding carboxylic acids is 2. The Hall–Kier alpha value is -2.57. The zero-order valence-electron chi connectivity index (χ0n) is 29.1. The molecule has 52 heavy (non-hydrogen) atoms. The van der Waals surface area contributed by atoms with Crippen molar-refractivity contribution in [3.8, 4) is 0 Å². The van der Waals surface area contributed by atoms with Crippen LogP contribution in [-0.4, -0.2) is 50.3 Å². The number of rotatable bonds is 10. The Balaban J connectivity index is -0.0000000383. The van der Waals surface area contributed by atoms with Crippen LogP contribution in [0.4, 0.5) is 0 Å². The highest BCUT2D eigenvalue weighted by Crippen LogP contribution is 2.23. The fourth-order valence-electron chi connectivity index (χ4n) is 2.77. The standard InChI is InChI=1S/C10H28O2Si3.2C6H10O2.2C6H6.9CH4/c1-9-13(3,4)11-15(7,8)12-14(5,6)10-2;2*1-4-8-6(7)5(2)3;2*1-2-4-6-5-3-1;;;;;;;;;/h9-10H2,1-8H3;2*2,4H2,1,3H3;2*1-6H;9*1H4. The van der Waals surface area contributed by atoms with E-state index < -0.39 is 25.2 Å². The number of hydrogen-bond acceptors (Lipinski definition) is 6. The second-order valence-corrected chi connectivity index (χ2v) is 24.0. The van der Waals surface area contributed by atoms with Gasteiger partial charge in [0.15, 0.2) is 16.6 Å². The first-order valence-corrected chi connectivity index (χ1v) is 24.0. The van der Waals surface area contributed by atoms with Crippen molar-refractivity contribution in [1.29, 1.82) is 0 Å². The van der Waals surface area contributed by atoms with Gasteiger partial charge in [-0.3, -0.25) is 0 Å². The molecule has 6 nitrogen and oxygen atoms in total. The summed E-state index contributed by atoms with van der Waals surface area (Å²) in [5, 5.41) is 0. The summed E-state index contributed by atoms with van der Waals surface area (Å²) in [5.74, 6) is -0.625. The van der Waals surface area contributed by atoms with Crippen LogP contribution >= 0.6 is 0 Å². The minimum absolute atomic E-state index is 0. The Kier molecular flexibility index (Phi) is 77.1. The summed E-state index contributed by atoms with van der Waals surface area (Å²) in [6.07, 6.45) is 0. The van der Waals surface area contributed by atoms with Crippen LogP contribution in [0.2, 0.25) is 51.4 Å². The van der Waals surface area contributed by atoms with Crippen molar-refractivity contribution in [2.24, 2.45) is 0 Å². The van der Waals surface area contributed by atoms with E-state index >= 15 is 0 Å². The maximum absolute atomic E-state index is 10.4. The molecule has 0 spiro atoms. The maximum Gasteiger partial charge on any atom is 0.333 e. The minimum Gasteiger partial charge on any atom is -0.463 e. The lowest BCUT2D eigenvalue weighted by Gasteiger charge is -2.38. The highest BCUT2D eigenvalue weighted by molar-refractivity contribution is 6.87. The molecule has 0 amide bonds. The van der Waals surface area contributed by atoms with Crippen molar-refractivity contribution in [3.05, 3.63) is 97.1 Å². The predicted octanol–water partition coefficient (Wildman–Crippen LogP) is 15.5. The largest absolute Gasteiger partial charge is 0.463 e. The van der Waals surface area contributed by atoms with E-state index in [0.29, 0.717) is 24.4 Å². The fraction of sp³-hybridized carbons (Fsp3) is 0.581. The molecule has 0 N–H and O–H groups in total. The van der Waals surface area contributed by atoms with Gasteiger partial charge in [0.25, 0.3) is 0 Å². The summed E-state index contributed by atoms with van der Waals surface area (Å²) in [5.41, 5.74) is 0.902. The normalized spacial score (nSPS) is 8.54. The molecular weight excluding hydrogens is 697 g/mol. The van der Waals surface area contributed by atoms with Crippen molar-refractivity contribution < 1.29 is 27.3 Å². The van der Waals surface area contributed by atoms with Gasteiger partial charge >= 0.3 is 20.5 Å². The summed E-state index contributed by atoms with van der Waals surface area (Å²) in [7, 11) is -4.83. The van der Waals surface area contributed by atoms with Crippen LogP contribution in [0.15, 0.2) is 97.1 Å². The van der Waals surface area contributed by atoms with E-state index in [-0.39, 0.29) is 78.8 Å². The molecule has 316 valence electrons. The molecule has 2 aromatic rings. The van der Waals surface area contributed by atoms with Gasteiger partial charge in [-0.2, -0.15) is 0 Å². The molecule has 0 unspecified atom stereocenters. The molecule has 9 heteroatoms. The molecule has 0 saturated heterocycles. The highest BCUT2D eigenvalue weighted by Gasteiger charge is 2.38. The molecule has 0 aromatic heterocycles. The molecule has 0 radical (unpaired) electrons. The molecule has 0 heterocycles. The second-order valence-electron chi connectivity index (χ2n) is 11.1. The van der Waals surface area contributed by atoms with Crippen LogP contribution in [0.3, 0.4) is 0 Å². The van der Waals surface area contributed by atoms with Crippen molar-refractivity contribution in [1.82, 2.24) is 0 Å². The van der Waals surface area contributed by atoms with Gasteiger partial charge in [0, 0.05) is 11.1 Å². The van der Waals surface area contributed by atoms with Crippen LogP contribution in [0.25, 0.3) is 0 Å². The predicted molar refractivity (Wildman–Crippen MR) is 252 cm³/mol. The van der Waals surface area contributed by atoms with E-state index in [9.17, 15) is 9.59 Å². The van der Waals surface area contributed by atoms with Gasteiger partial charge in [0.1, 0.15) is 0 Å². The maximum atomic E-state index is 10.4. The summed E-state index contributed by atoms with van der Waals surface area (Å²) in [4.78, 5) is 20.8. The minimum atomic E-state index is -1.89. The zero-order chi connectivity index (χ0) is 34.0. The van der Waals surface area contributed by atoms with Crippen molar-refractivity contribution in [2.75, 3.05) is 13.2 Å². The topological polar surface area (TPSA) is 71.1 Å². The van der Waals surface area contributed by atoms with Gasteiger partial charge in [-0.15, -0.1) is 0 Å². The number of benzene rings is 2. The lowest BCUT2D eigenvalue weighted by molar-refractivity contribution is -0.139. The Labute approximate surface area is 333 Å². The van der Waals surface area contributed by atoms with E-state index in [2.05, 4.69) is 75.8 Å². The quantitative estimate of drug-likeness (QED) is 0.136. The Morgan fingerprint density at radius 1 is 0.442 bits per heavy atom. The highest BCUT2D eigenvalue weighted by atomic mass is 28.5. The molecule has 0 fully saturated rings. The van der Waals surface area contributed by atoms with Gasteiger partial charge in [-0.25, -0.2) is 9.59 Å². The zero-order valence-corrected chi connectivity index (χ0v) is 32.1. The number of ether oxygens (including phenoxy) is 2. The van der Waals surface area contributed by atoms with E-state index in [1.54, 1.807) is 27.7 Å². The van der Waals surface area contributed by atoms with Gasteiger partial charge in [-0.05, 0) is 79.1 Å². The average Bonchev–Trinajstić information content (AvgIpc) is 2.95. The molecule has 2 rings (SSSR count). The van der Waals surface area contributed by atoms with E-state index in [1.807, 2.05) is 72.8 Å². The summed E-state index contributed by atoms with van der Waals surface area (Å²) < 4.78 is 21.7. The van der Waals surface area contributed by atoms with Crippen molar-refractivity contribution >= 4 is 37.1 Å². The van der Waals surface area contributed by atoms with E-state index in [4.69, 9.17) is 8.23 Å². The van der Waals surface area contributed by atoms with Crippen LogP contribution in [-0.2, 0) is 27.3 Å². The van der Waals surface area contributed by atoms with Crippen LogP contribution in [0, 0.1) is 0 Å². The molecule has 0 saturated carbocycles. The number of carbonyl (C=O) groups is 2. The first-order valence-electron chi connectivity index (χ1n) is 15.0. The third kappa shape index (κ3) is 59.6. The van der Waals surface area contributed by atoms with Gasteiger partial charge in [0.2, 0.25) is 0 Å². The van der Waals surface area contributed by atoms with Gasteiger partial charge in [-0.1, -0.05) is 167 Å². The Morgan fingerprint density at radius 2 is 0.615 bits per heavy atom. The lowest BCUT2D eigenvalue weighted by Crippen LogP contribution is -2.51. The van der Waals surface area contributed by atoms with Crippen molar-refractivity contribution in [3.63, 3.8) is 0 Å². The Bertz CT molecular complexity index is 864. The summed E-state index contributed by atoms with van der Waals surface area (Å²) in [6.45, 7) is 32.4. The molecule has 0 aliphatic heterocycles. The monoisotopic (exact) mass is 793 g/mol. The molecule has 0 aliphatic rings. The SMILES string of the molecule is C.C.C.C.C.C.C.C.C.C=C(C)C(=O)OCC.C=C(C)C(=O)OCC.CC[Si](C)(C)O[Si](C)(C)O[Si](C)(C)CC.c1ccccc1.c1ccccc1. The summed E-state index contributed by atoms with van der Waals surface area (Å²) >= 11 is 0. The Morgan fingerprint density at radius 3 is 0.712 bits per heavy atom. The van der Waals surface area contributed by atoms with Crippen molar-refractivity contribution in [2.45, 2.75) is 160 Å². The fourth-order valence-corrected chi connectivity index (χ4v) is 15.1. The lowest BCUT2D eigenvalue weighted by atomic mass is 10.4. The third-order valence-corrected chi connectivity index (χ3v) is 17.1. The number of esters is 2. The molecule has 2 aromatic carbocycles. The third-order valence-electron chi connectivity index (χ3n) is 5.33. The molecule has 0 atom stereocenters. The number of hydrogen-bond donors (Lipinski definition) is 0. The smallest absolute Gasteiger partial charge is 0.333 e. The molecular formula is C43H96O6Si3. The van der Waals surface area contributed by atoms with Gasteiger partial charge in [0.05, 0.1) is 13.2 Å². The van der Waals surface area contributed by atoms with Crippen LogP contribution < -0.4 is 0 Å². The molecule has 0 bridgehead atoms.